The molecule has 2 aromatic carbocycles. The van der Waals surface area contributed by atoms with Crippen molar-refractivity contribution in [1.82, 2.24) is 0 Å². The fourth-order valence-electron chi connectivity index (χ4n) is 3.34. The van der Waals surface area contributed by atoms with Gasteiger partial charge in [-0.3, -0.25) is 4.79 Å². The molecule has 146 valence electrons. The van der Waals surface area contributed by atoms with Crippen molar-refractivity contribution >= 4 is 26.7 Å². The van der Waals surface area contributed by atoms with Crippen LogP contribution in [-0.4, -0.2) is 19.6 Å². The number of rotatable bonds is 6. The lowest BCUT2D eigenvalue weighted by molar-refractivity contribution is 0.1000. The molecule has 0 spiro atoms. The molecule has 2 N–H and O–H groups in total. The largest absolute Gasteiger partial charge is 0.488 e. The molecule has 3 aromatic rings. The summed E-state index contributed by atoms with van der Waals surface area (Å²) >= 11 is 0. The van der Waals surface area contributed by atoms with Gasteiger partial charge in [0.05, 0.1) is 16.2 Å². The van der Waals surface area contributed by atoms with Crippen LogP contribution in [0, 0.1) is 13.8 Å². The van der Waals surface area contributed by atoms with Crippen LogP contribution in [0.5, 0.6) is 5.75 Å². The Morgan fingerprint density at radius 3 is 2.43 bits per heavy atom. The van der Waals surface area contributed by atoms with Gasteiger partial charge in [-0.05, 0) is 44.4 Å². The Balaban J connectivity index is 1.87. The van der Waals surface area contributed by atoms with Crippen molar-refractivity contribution in [3.05, 3.63) is 58.8 Å². The van der Waals surface area contributed by atoms with Gasteiger partial charge in [-0.1, -0.05) is 29.8 Å². The van der Waals surface area contributed by atoms with Crippen LogP contribution in [0.4, 0.5) is 0 Å². The monoisotopic (exact) mass is 399 g/mol. The van der Waals surface area contributed by atoms with Gasteiger partial charge in [0.15, 0.2) is 9.84 Å². The van der Waals surface area contributed by atoms with E-state index in [9.17, 15) is 13.2 Å². The van der Waals surface area contributed by atoms with Crippen LogP contribution in [0.25, 0.3) is 11.0 Å². The van der Waals surface area contributed by atoms with Crippen LogP contribution < -0.4 is 10.5 Å². The number of ether oxygens (including phenoxy) is 1. The summed E-state index contributed by atoms with van der Waals surface area (Å²) in [7, 11) is -3.67. The molecule has 0 bridgehead atoms. The number of fused-ring (bicyclic) bond motifs is 1. The van der Waals surface area contributed by atoms with Crippen molar-refractivity contribution in [2.75, 3.05) is 0 Å². The first kappa shape index (κ1) is 18.6. The van der Waals surface area contributed by atoms with Crippen LogP contribution in [-0.2, 0) is 16.4 Å². The molecule has 6 nitrogen and oxygen atoms in total. The highest BCUT2D eigenvalue weighted by atomic mass is 32.2. The van der Waals surface area contributed by atoms with E-state index in [1.807, 2.05) is 31.2 Å². The molecule has 1 saturated carbocycles. The predicted octanol–water partition coefficient (Wildman–Crippen LogP) is 3.66. The van der Waals surface area contributed by atoms with Crippen molar-refractivity contribution in [2.24, 2.45) is 5.73 Å². The number of hydrogen-bond acceptors (Lipinski definition) is 5. The van der Waals surface area contributed by atoms with Gasteiger partial charge in [-0.15, -0.1) is 0 Å². The van der Waals surface area contributed by atoms with Gasteiger partial charge in [-0.2, -0.15) is 0 Å². The van der Waals surface area contributed by atoms with E-state index in [0.717, 1.165) is 11.1 Å². The number of carbonyl (C=O) groups excluding carboxylic acids is 1. The minimum atomic E-state index is -3.67. The van der Waals surface area contributed by atoms with Crippen molar-refractivity contribution in [3.63, 3.8) is 0 Å². The van der Waals surface area contributed by atoms with E-state index in [4.69, 9.17) is 14.9 Å². The maximum absolute atomic E-state index is 13.2. The number of primary amides is 1. The Morgan fingerprint density at radius 2 is 1.82 bits per heavy atom. The summed E-state index contributed by atoms with van der Waals surface area (Å²) in [5.74, 6) is -0.215. The molecule has 1 fully saturated rings. The van der Waals surface area contributed by atoms with E-state index in [2.05, 4.69) is 0 Å². The SMILES string of the molecule is Cc1ccc(COc2ccc3oc(C)c(C(N)=O)c3c2S(=O)(=O)C2CC2)cc1. The van der Waals surface area contributed by atoms with Gasteiger partial charge in [0.1, 0.15) is 28.6 Å². The fraction of sp³-hybridized carbons (Fsp3) is 0.286. The number of carbonyl (C=O) groups is 1. The van der Waals surface area contributed by atoms with Crippen molar-refractivity contribution in [3.8, 4) is 5.75 Å². The van der Waals surface area contributed by atoms with Crippen LogP contribution in [0.15, 0.2) is 45.7 Å². The first-order valence-corrected chi connectivity index (χ1v) is 10.6. The zero-order valence-electron chi connectivity index (χ0n) is 15.7. The second-order valence-electron chi connectivity index (χ2n) is 7.18. The topological polar surface area (TPSA) is 99.6 Å². The molecular weight excluding hydrogens is 378 g/mol. The van der Waals surface area contributed by atoms with E-state index in [0.29, 0.717) is 24.2 Å². The Morgan fingerprint density at radius 1 is 1.14 bits per heavy atom. The zero-order valence-corrected chi connectivity index (χ0v) is 16.5. The molecule has 0 unspecified atom stereocenters. The minimum Gasteiger partial charge on any atom is -0.488 e. The molecule has 28 heavy (non-hydrogen) atoms. The fourth-order valence-corrected chi connectivity index (χ4v) is 5.33. The zero-order chi connectivity index (χ0) is 20.1. The van der Waals surface area contributed by atoms with Crippen LogP contribution in [0.3, 0.4) is 0 Å². The number of hydrogen-bond donors (Lipinski definition) is 1. The average Bonchev–Trinajstić information content (AvgIpc) is 3.43. The first-order chi connectivity index (χ1) is 13.3. The van der Waals surface area contributed by atoms with E-state index in [1.54, 1.807) is 19.1 Å². The Hall–Kier alpha value is -2.80. The van der Waals surface area contributed by atoms with Gasteiger partial charge in [0.2, 0.25) is 0 Å². The molecule has 1 amide bonds. The molecular formula is C21H21NO5S. The highest BCUT2D eigenvalue weighted by Gasteiger charge is 2.41. The molecule has 0 saturated heterocycles. The Bertz CT molecular complexity index is 1170. The molecule has 1 aliphatic carbocycles. The lowest BCUT2D eigenvalue weighted by Crippen LogP contribution is -2.15. The van der Waals surface area contributed by atoms with Crippen molar-refractivity contribution in [2.45, 2.75) is 43.4 Å². The molecule has 7 heteroatoms. The third-order valence-electron chi connectivity index (χ3n) is 4.96. The standard InChI is InChI=1S/C21H21NO5S/c1-12-3-5-14(6-4-12)11-26-17-10-9-16-19(18(21(22)23)13(2)27-16)20(17)28(24,25)15-7-8-15/h3-6,9-10,15H,7-8,11H2,1-2H3,(H2,22,23). The summed E-state index contributed by atoms with van der Waals surface area (Å²) in [5, 5.41) is -0.242. The second kappa shape index (κ2) is 6.67. The number of sulfone groups is 1. The number of aryl methyl sites for hydroxylation is 2. The molecule has 1 aromatic heterocycles. The summed E-state index contributed by atoms with van der Waals surface area (Å²) in [6.45, 7) is 3.80. The summed E-state index contributed by atoms with van der Waals surface area (Å²) in [6.07, 6.45) is 1.19. The average molecular weight is 399 g/mol. The van der Waals surface area contributed by atoms with E-state index < -0.39 is 21.0 Å². The predicted molar refractivity (Wildman–Crippen MR) is 105 cm³/mol. The van der Waals surface area contributed by atoms with Crippen LogP contribution in [0.1, 0.15) is 40.1 Å². The van der Waals surface area contributed by atoms with E-state index in [-0.39, 0.29) is 28.2 Å². The molecule has 0 atom stereocenters. The van der Waals surface area contributed by atoms with Crippen LogP contribution in [0.2, 0.25) is 0 Å². The van der Waals surface area contributed by atoms with Gasteiger partial charge >= 0.3 is 0 Å². The lowest BCUT2D eigenvalue weighted by Gasteiger charge is -2.13. The van der Waals surface area contributed by atoms with Crippen molar-refractivity contribution < 1.29 is 22.4 Å². The number of furan rings is 1. The molecule has 0 aliphatic heterocycles. The third-order valence-corrected chi connectivity index (χ3v) is 7.28. The summed E-state index contributed by atoms with van der Waals surface area (Å²) in [5.41, 5.74) is 7.97. The maximum atomic E-state index is 13.2. The quantitative estimate of drug-likeness (QED) is 0.682. The highest BCUT2D eigenvalue weighted by Crippen LogP contribution is 2.43. The van der Waals surface area contributed by atoms with E-state index >= 15 is 0 Å². The Labute approximate surface area is 163 Å². The number of amides is 1. The maximum Gasteiger partial charge on any atom is 0.252 e. The smallest absolute Gasteiger partial charge is 0.252 e. The Kier molecular flexibility index (Phi) is 4.42. The third kappa shape index (κ3) is 3.16. The highest BCUT2D eigenvalue weighted by molar-refractivity contribution is 7.92. The summed E-state index contributed by atoms with van der Waals surface area (Å²) in [4.78, 5) is 12.0. The molecule has 1 heterocycles. The van der Waals surface area contributed by atoms with Gasteiger partial charge in [-0.25, -0.2) is 8.42 Å². The van der Waals surface area contributed by atoms with E-state index in [1.165, 1.54) is 0 Å². The minimum absolute atomic E-state index is 0.00487. The molecule has 4 rings (SSSR count). The van der Waals surface area contributed by atoms with Gasteiger partial charge < -0.3 is 14.9 Å². The van der Waals surface area contributed by atoms with Crippen molar-refractivity contribution in [1.29, 1.82) is 0 Å². The lowest BCUT2D eigenvalue weighted by atomic mass is 10.1. The number of benzene rings is 2. The van der Waals surface area contributed by atoms with Gasteiger partial charge in [0.25, 0.3) is 5.91 Å². The first-order valence-electron chi connectivity index (χ1n) is 9.07. The van der Waals surface area contributed by atoms with Gasteiger partial charge in [0, 0.05) is 0 Å². The normalized spacial score (nSPS) is 14.4. The second-order valence-corrected chi connectivity index (χ2v) is 9.35. The number of nitrogens with two attached hydrogens (primary N) is 1. The molecule has 1 aliphatic rings. The summed E-state index contributed by atoms with van der Waals surface area (Å²) < 4.78 is 37.9. The van der Waals surface area contributed by atoms with Crippen LogP contribution >= 0.6 is 0 Å². The molecule has 0 radical (unpaired) electrons. The summed E-state index contributed by atoms with van der Waals surface area (Å²) in [6, 6.07) is 11.0.